The van der Waals surface area contributed by atoms with E-state index in [9.17, 15) is 4.79 Å². The van der Waals surface area contributed by atoms with Crippen molar-refractivity contribution in [1.29, 1.82) is 0 Å². The summed E-state index contributed by atoms with van der Waals surface area (Å²) in [6.45, 7) is 7.64. The van der Waals surface area contributed by atoms with Crippen LogP contribution in [0.2, 0.25) is 0 Å². The second-order valence-electron chi connectivity index (χ2n) is 6.99. The van der Waals surface area contributed by atoms with Crippen molar-refractivity contribution in [1.82, 2.24) is 4.90 Å². The van der Waals surface area contributed by atoms with Gasteiger partial charge in [0, 0.05) is 24.9 Å². The molecule has 0 spiro atoms. The van der Waals surface area contributed by atoms with Gasteiger partial charge < -0.3 is 15.4 Å². The molecule has 0 aromatic carbocycles. The SMILES string of the molecule is CC(C)(C)C(N)C(=O)N(CC1CCCO1)C1CCSC1. The molecule has 2 saturated heterocycles. The van der Waals surface area contributed by atoms with Crippen molar-refractivity contribution in [2.45, 2.75) is 58.2 Å². The Bertz CT molecular complexity index is 331. The summed E-state index contributed by atoms with van der Waals surface area (Å²) in [5.41, 5.74) is 6.00. The van der Waals surface area contributed by atoms with Gasteiger partial charge in [0.15, 0.2) is 0 Å². The van der Waals surface area contributed by atoms with E-state index in [-0.39, 0.29) is 17.4 Å². The standard InChI is InChI=1S/C15H28N2O2S/c1-15(2,3)13(16)14(18)17(11-6-8-20-10-11)9-12-5-4-7-19-12/h11-13H,4-10,16H2,1-3H3. The molecule has 0 aromatic heterocycles. The van der Waals surface area contributed by atoms with Crippen molar-refractivity contribution in [3.63, 3.8) is 0 Å². The molecule has 2 aliphatic rings. The molecule has 2 fully saturated rings. The fourth-order valence-corrected chi connectivity index (χ4v) is 3.97. The highest BCUT2D eigenvalue weighted by molar-refractivity contribution is 7.99. The van der Waals surface area contributed by atoms with E-state index in [1.165, 1.54) is 0 Å². The summed E-state index contributed by atoms with van der Waals surface area (Å²) in [4.78, 5) is 14.8. The van der Waals surface area contributed by atoms with E-state index < -0.39 is 6.04 Å². The zero-order chi connectivity index (χ0) is 14.8. The first-order valence-corrected chi connectivity index (χ1v) is 8.80. The lowest BCUT2D eigenvalue weighted by atomic mass is 9.86. The van der Waals surface area contributed by atoms with Gasteiger partial charge in [-0.05, 0) is 30.4 Å². The molecule has 0 aromatic rings. The Kier molecular flexibility index (Phi) is 5.37. The Hall–Kier alpha value is -0.260. The number of nitrogens with two attached hydrogens (primary N) is 1. The van der Waals surface area contributed by atoms with Crippen LogP contribution in [0, 0.1) is 5.41 Å². The molecule has 20 heavy (non-hydrogen) atoms. The zero-order valence-electron chi connectivity index (χ0n) is 12.9. The van der Waals surface area contributed by atoms with E-state index in [4.69, 9.17) is 10.5 Å². The van der Waals surface area contributed by atoms with Gasteiger partial charge in [0.2, 0.25) is 5.91 Å². The van der Waals surface area contributed by atoms with Crippen molar-refractivity contribution >= 4 is 17.7 Å². The number of hydrogen-bond acceptors (Lipinski definition) is 4. The van der Waals surface area contributed by atoms with Crippen LogP contribution in [0.1, 0.15) is 40.0 Å². The number of rotatable bonds is 4. The summed E-state index contributed by atoms with van der Waals surface area (Å²) in [7, 11) is 0. The average Bonchev–Trinajstić information content (AvgIpc) is 3.05. The average molecular weight is 300 g/mol. The minimum absolute atomic E-state index is 0.0977. The van der Waals surface area contributed by atoms with Gasteiger partial charge >= 0.3 is 0 Å². The Labute approximate surface area is 126 Å². The second-order valence-corrected chi connectivity index (χ2v) is 8.14. The van der Waals surface area contributed by atoms with Crippen molar-refractivity contribution < 1.29 is 9.53 Å². The van der Waals surface area contributed by atoms with Gasteiger partial charge in [-0.1, -0.05) is 20.8 Å². The van der Waals surface area contributed by atoms with Crippen molar-refractivity contribution in [2.75, 3.05) is 24.7 Å². The lowest BCUT2D eigenvalue weighted by Gasteiger charge is -2.36. The van der Waals surface area contributed by atoms with E-state index >= 15 is 0 Å². The van der Waals surface area contributed by atoms with Crippen LogP contribution in [0.15, 0.2) is 0 Å². The summed E-state index contributed by atoms with van der Waals surface area (Å²) in [6, 6.07) is -0.0976. The van der Waals surface area contributed by atoms with Crippen molar-refractivity contribution in [3.05, 3.63) is 0 Å². The molecule has 0 saturated carbocycles. The molecule has 4 nitrogen and oxygen atoms in total. The summed E-state index contributed by atoms with van der Waals surface area (Å²) in [5, 5.41) is 0. The molecule has 1 amide bonds. The van der Waals surface area contributed by atoms with Crippen LogP contribution in [-0.2, 0) is 9.53 Å². The van der Waals surface area contributed by atoms with E-state index in [0.717, 1.165) is 37.4 Å². The minimum atomic E-state index is -0.436. The summed E-state index contributed by atoms with van der Waals surface area (Å²) in [6.07, 6.45) is 3.46. The number of carbonyl (C=O) groups excluding carboxylic acids is 1. The molecule has 0 radical (unpaired) electrons. The third-order valence-corrected chi connectivity index (χ3v) is 5.40. The topological polar surface area (TPSA) is 55.6 Å². The highest BCUT2D eigenvalue weighted by Gasteiger charge is 2.36. The minimum Gasteiger partial charge on any atom is -0.376 e. The quantitative estimate of drug-likeness (QED) is 0.861. The Morgan fingerprint density at radius 3 is 2.70 bits per heavy atom. The van der Waals surface area contributed by atoms with Crippen molar-refractivity contribution in [2.24, 2.45) is 11.1 Å². The number of ether oxygens (including phenoxy) is 1. The van der Waals surface area contributed by atoms with Gasteiger partial charge in [-0.3, -0.25) is 4.79 Å². The van der Waals surface area contributed by atoms with Gasteiger partial charge in [-0.15, -0.1) is 0 Å². The fourth-order valence-electron chi connectivity index (χ4n) is 2.74. The lowest BCUT2D eigenvalue weighted by Crippen LogP contribution is -2.55. The molecule has 3 atom stereocenters. The highest BCUT2D eigenvalue weighted by Crippen LogP contribution is 2.27. The maximum Gasteiger partial charge on any atom is 0.240 e. The molecule has 2 N–H and O–H groups in total. The van der Waals surface area contributed by atoms with Crippen LogP contribution in [-0.4, -0.2) is 53.7 Å². The Morgan fingerprint density at radius 2 is 2.20 bits per heavy atom. The normalized spacial score (nSPS) is 28.6. The first-order chi connectivity index (χ1) is 9.39. The maximum atomic E-state index is 12.8. The van der Waals surface area contributed by atoms with Gasteiger partial charge in [-0.2, -0.15) is 11.8 Å². The molecular formula is C15H28N2O2S. The first kappa shape index (κ1) is 16.1. The number of thioether (sulfide) groups is 1. The largest absolute Gasteiger partial charge is 0.376 e. The van der Waals surface area contributed by atoms with Gasteiger partial charge in [-0.25, -0.2) is 0 Å². The van der Waals surface area contributed by atoms with Gasteiger partial charge in [0.05, 0.1) is 12.1 Å². The Balaban J connectivity index is 2.06. The maximum absolute atomic E-state index is 12.8. The monoisotopic (exact) mass is 300 g/mol. The van der Waals surface area contributed by atoms with Gasteiger partial charge in [0.25, 0.3) is 0 Å². The van der Waals surface area contributed by atoms with E-state index in [0.29, 0.717) is 12.6 Å². The smallest absolute Gasteiger partial charge is 0.240 e. The number of nitrogens with zero attached hydrogens (tertiary/aromatic N) is 1. The fraction of sp³-hybridized carbons (Fsp3) is 0.933. The zero-order valence-corrected chi connectivity index (χ0v) is 13.7. The van der Waals surface area contributed by atoms with Crippen LogP contribution >= 0.6 is 11.8 Å². The van der Waals surface area contributed by atoms with Crippen LogP contribution < -0.4 is 5.73 Å². The summed E-state index contributed by atoms with van der Waals surface area (Å²) >= 11 is 1.93. The molecule has 2 aliphatic heterocycles. The lowest BCUT2D eigenvalue weighted by molar-refractivity contribution is -0.138. The molecule has 0 bridgehead atoms. The summed E-state index contributed by atoms with van der Waals surface area (Å²) in [5.74, 6) is 2.28. The van der Waals surface area contributed by atoms with Crippen LogP contribution in [0.4, 0.5) is 0 Å². The van der Waals surface area contributed by atoms with Crippen LogP contribution in [0.5, 0.6) is 0 Å². The van der Waals surface area contributed by atoms with Crippen LogP contribution in [0.25, 0.3) is 0 Å². The number of carbonyl (C=O) groups is 1. The highest BCUT2D eigenvalue weighted by atomic mass is 32.2. The number of amides is 1. The predicted molar refractivity (Wildman–Crippen MR) is 83.8 cm³/mol. The van der Waals surface area contributed by atoms with E-state index in [1.54, 1.807) is 0 Å². The molecular weight excluding hydrogens is 272 g/mol. The molecule has 5 heteroatoms. The molecule has 0 aliphatic carbocycles. The Morgan fingerprint density at radius 1 is 1.45 bits per heavy atom. The third-order valence-electron chi connectivity index (χ3n) is 4.25. The van der Waals surface area contributed by atoms with Crippen LogP contribution in [0.3, 0.4) is 0 Å². The third kappa shape index (κ3) is 3.89. The van der Waals surface area contributed by atoms with E-state index in [2.05, 4.69) is 0 Å². The van der Waals surface area contributed by atoms with E-state index in [1.807, 2.05) is 37.4 Å². The number of hydrogen-bond donors (Lipinski definition) is 1. The second kappa shape index (κ2) is 6.67. The first-order valence-electron chi connectivity index (χ1n) is 7.65. The molecule has 116 valence electrons. The summed E-state index contributed by atoms with van der Waals surface area (Å²) < 4.78 is 5.72. The van der Waals surface area contributed by atoms with Gasteiger partial charge in [0.1, 0.15) is 0 Å². The molecule has 2 rings (SSSR count). The molecule has 2 heterocycles. The predicted octanol–water partition coefficient (Wildman–Crippen LogP) is 1.87. The molecule has 3 unspecified atom stereocenters. The van der Waals surface area contributed by atoms with Crippen molar-refractivity contribution in [3.8, 4) is 0 Å².